The summed E-state index contributed by atoms with van der Waals surface area (Å²) < 4.78 is 6.22. The number of halogens is 2. The molecule has 8 heteroatoms. The first kappa shape index (κ1) is 11.2. The Kier molecular flexibility index (Phi) is 3.68. The molecule has 0 spiro atoms. The number of nitrogens with zero attached hydrogens (tertiary/aromatic N) is 3. The lowest BCUT2D eigenvalue weighted by atomic mass is 10.7. The molecule has 78 valence electrons. The second kappa shape index (κ2) is 4.59. The molecule has 0 radical (unpaired) electrons. The second-order valence-corrected chi connectivity index (χ2v) is 3.00. The van der Waals surface area contributed by atoms with E-state index in [2.05, 4.69) is 4.98 Å². The maximum Gasteiger partial charge on any atom is 0.402 e. The van der Waals surface area contributed by atoms with Crippen molar-refractivity contribution in [3.8, 4) is 0 Å². The molecule has 0 aromatic carbocycles. The first-order valence-corrected chi connectivity index (χ1v) is 4.47. The molecule has 0 aliphatic carbocycles. The van der Waals surface area contributed by atoms with Crippen LogP contribution in [0.25, 0.3) is 0 Å². The lowest BCUT2D eigenvalue weighted by Crippen LogP contribution is -2.02. The normalized spacial score (nSPS) is 10.5. The molecule has 0 bridgehead atoms. The average molecular weight is 240 g/mol. The lowest BCUT2D eigenvalue weighted by Gasteiger charge is -2.01. The fraction of sp³-hybridized carbons (Fsp3) is 0.500. The van der Waals surface area contributed by atoms with Crippen LogP contribution in [0.5, 0.6) is 0 Å². The van der Waals surface area contributed by atoms with Gasteiger partial charge in [0.25, 0.3) is 0 Å². The molecule has 0 saturated heterocycles. The largest absolute Gasteiger partial charge is 0.402 e. The maximum absolute atomic E-state index is 10.4. The van der Waals surface area contributed by atoms with Crippen LogP contribution in [-0.4, -0.2) is 21.1 Å². The zero-order valence-corrected chi connectivity index (χ0v) is 8.75. The Morgan fingerprint density at radius 3 is 2.71 bits per heavy atom. The average Bonchev–Trinajstić information content (AvgIpc) is 2.40. The van der Waals surface area contributed by atoms with Gasteiger partial charge in [0.15, 0.2) is 0 Å². The summed E-state index contributed by atoms with van der Waals surface area (Å²) in [6.07, 6.45) is 0. The van der Waals surface area contributed by atoms with Crippen molar-refractivity contribution >= 4 is 29.0 Å². The number of nitro groups is 1. The van der Waals surface area contributed by atoms with E-state index >= 15 is 0 Å². The minimum absolute atomic E-state index is 0.0506. The summed E-state index contributed by atoms with van der Waals surface area (Å²) in [5, 5.41) is 10.2. The maximum atomic E-state index is 10.4. The molecule has 0 unspecified atom stereocenters. The third-order valence-electron chi connectivity index (χ3n) is 1.44. The van der Waals surface area contributed by atoms with E-state index in [0.717, 1.165) is 0 Å². The Morgan fingerprint density at radius 1 is 1.64 bits per heavy atom. The van der Waals surface area contributed by atoms with E-state index in [1.807, 2.05) is 0 Å². The van der Waals surface area contributed by atoms with E-state index < -0.39 is 10.7 Å². The molecular weight excluding hydrogens is 233 g/mol. The quantitative estimate of drug-likeness (QED) is 0.596. The van der Waals surface area contributed by atoms with Crippen molar-refractivity contribution in [3.63, 3.8) is 0 Å². The molecule has 0 atom stereocenters. The van der Waals surface area contributed by atoms with E-state index in [-0.39, 0.29) is 17.2 Å². The minimum Gasteiger partial charge on any atom is -0.361 e. The highest BCUT2D eigenvalue weighted by molar-refractivity contribution is 6.34. The van der Waals surface area contributed by atoms with Gasteiger partial charge in [0.05, 0.1) is 0 Å². The lowest BCUT2D eigenvalue weighted by molar-refractivity contribution is -0.389. The van der Waals surface area contributed by atoms with Crippen LogP contribution in [0, 0.1) is 10.1 Å². The van der Waals surface area contributed by atoms with E-state index in [9.17, 15) is 10.1 Å². The van der Waals surface area contributed by atoms with Crippen molar-refractivity contribution in [2.75, 3.05) is 6.61 Å². The summed E-state index contributed by atoms with van der Waals surface area (Å²) in [6.45, 7) is 2.29. The molecule has 0 fully saturated rings. The highest BCUT2D eigenvalue weighted by atomic mass is 35.5. The fourth-order valence-corrected chi connectivity index (χ4v) is 1.30. The van der Waals surface area contributed by atoms with Crippen LogP contribution in [0.4, 0.5) is 5.82 Å². The van der Waals surface area contributed by atoms with Gasteiger partial charge in [-0.3, -0.25) is 4.57 Å². The van der Waals surface area contributed by atoms with Crippen LogP contribution in [0.1, 0.15) is 6.92 Å². The summed E-state index contributed by atoms with van der Waals surface area (Å²) in [7, 11) is 0. The van der Waals surface area contributed by atoms with Gasteiger partial charge in [0.1, 0.15) is 6.73 Å². The van der Waals surface area contributed by atoms with Crippen molar-refractivity contribution in [1.82, 2.24) is 9.55 Å². The SMILES string of the molecule is CCOCn1c(Cl)nc([N+](=O)[O-])c1Cl. The molecule has 14 heavy (non-hydrogen) atoms. The monoisotopic (exact) mass is 239 g/mol. The summed E-state index contributed by atoms with van der Waals surface area (Å²) in [5.74, 6) is -0.462. The molecule has 6 nitrogen and oxygen atoms in total. The smallest absolute Gasteiger partial charge is 0.361 e. The Labute approximate surface area is 89.5 Å². The van der Waals surface area contributed by atoms with Crippen LogP contribution < -0.4 is 0 Å². The number of hydrogen-bond acceptors (Lipinski definition) is 4. The second-order valence-electron chi connectivity index (χ2n) is 2.30. The molecule has 0 aliphatic rings. The third kappa shape index (κ3) is 2.14. The predicted octanol–water partition coefficient (Wildman–Crippen LogP) is 2.09. The Bertz CT molecular complexity index is 352. The van der Waals surface area contributed by atoms with Crippen molar-refractivity contribution in [2.45, 2.75) is 13.7 Å². The highest BCUT2D eigenvalue weighted by Crippen LogP contribution is 2.27. The Balaban J connectivity index is 2.99. The van der Waals surface area contributed by atoms with Crippen molar-refractivity contribution in [1.29, 1.82) is 0 Å². The van der Waals surface area contributed by atoms with Gasteiger partial charge in [-0.2, -0.15) is 0 Å². The van der Waals surface area contributed by atoms with Gasteiger partial charge in [-0.05, 0) is 28.4 Å². The number of imidazole rings is 1. The molecular formula is C6H7Cl2N3O3. The standard InChI is InChI=1S/C6H7Cl2N3O3/c1-2-14-3-10-4(7)5(11(12)13)9-6(10)8/h2-3H2,1H3. The Hall–Kier alpha value is -0.850. The predicted molar refractivity (Wildman–Crippen MR) is 50.5 cm³/mol. The summed E-state index contributed by atoms with van der Waals surface area (Å²) in [5.41, 5.74) is 0. The highest BCUT2D eigenvalue weighted by Gasteiger charge is 2.24. The molecule has 1 aromatic rings. The molecule has 1 aromatic heterocycles. The van der Waals surface area contributed by atoms with E-state index in [1.54, 1.807) is 6.92 Å². The number of aromatic nitrogens is 2. The first-order valence-electron chi connectivity index (χ1n) is 3.71. The van der Waals surface area contributed by atoms with Crippen LogP contribution in [0.15, 0.2) is 0 Å². The molecule has 1 rings (SSSR count). The van der Waals surface area contributed by atoms with Gasteiger partial charge < -0.3 is 14.9 Å². The summed E-state index contributed by atoms with van der Waals surface area (Å²) in [4.78, 5) is 13.2. The van der Waals surface area contributed by atoms with Gasteiger partial charge >= 0.3 is 11.1 Å². The van der Waals surface area contributed by atoms with Gasteiger partial charge in [-0.15, -0.1) is 0 Å². The zero-order chi connectivity index (χ0) is 10.7. The van der Waals surface area contributed by atoms with Crippen molar-refractivity contribution in [2.24, 2.45) is 0 Å². The van der Waals surface area contributed by atoms with E-state index in [0.29, 0.717) is 6.61 Å². The molecule has 0 N–H and O–H groups in total. The number of rotatable bonds is 4. The molecule has 0 aliphatic heterocycles. The minimum atomic E-state index is -0.698. The topological polar surface area (TPSA) is 70.2 Å². The molecule has 0 saturated carbocycles. The molecule has 1 heterocycles. The van der Waals surface area contributed by atoms with E-state index in [4.69, 9.17) is 27.9 Å². The summed E-state index contributed by atoms with van der Waals surface area (Å²) >= 11 is 11.3. The Morgan fingerprint density at radius 2 is 2.29 bits per heavy atom. The van der Waals surface area contributed by atoms with E-state index in [1.165, 1.54) is 4.57 Å². The fourth-order valence-electron chi connectivity index (χ4n) is 0.804. The summed E-state index contributed by atoms with van der Waals surface area (Å²) in [6, 6.07) is 0. The van der Waals surface area contributed by atoms with Gasteiger partial charge in [-0.1, -0.05) is 11.6 Å². The number of hydrogen-bond donors (Lipinski definition) is 0. The van der Waals surface area contributed by atoms with Gasteiger partial charge in [0.2, 0.25) is 5.15 Å². The third-order valence-corrected chi connectivity index (χ3v) is 2.10. The number of ether oxygens (including phenoxy) is 1. The van der Waals surface area contributed by atoms with Crippen molar-refractivity contribution in [3.05, 3.63) is 20.6 Å². The van der Waals surface area contributed by atoms with Crippen LogP contribution in [0.2, 0.25) is 10.4 Å². The van der Waals surface area contributed by atoms with Gasteiger partial charge in [-0.25, -0.2) is 0 Å². The zero-order valence-electron chi connectivity index (χ0n) is 7.24. The van der Waals surface area contributed by atoms with Gasteiger partial charge in [0, 0.05) is 6.61 Å². The van der Waals surface area contributed by atoms with Crippen LogP contribution >= 0.6 is 23.2 Å². The van der Waals surface area contributed by atoms with Crippen LogP contribution in [-0.2, 0) is 11.5 Å². The van der Waals surface area contributed by atoms with Crippen LogP contribution in [0.3, 0.4) is 0 Å². The molecule has 0 amide bonds. The van der Waals surface area contributed by atoms with Crippen molar-refractivity contribution < 1.29 is 9.66 Å². The first-order chi connectivity index (χ1) is 6.57.